The average Bonchev–Trinajstić information content (AvgIpc) is 2.56. The van der Waals surface area contributed by atoms with Gasteiger partial charge in [0.25, 0.3) is 10.1 Å². The Kier molecular flexibility index (Phi) is 7.53. The first-order valence-electron chi connectivity index (χ1n) is 6.83. The number of hydrogen-bond acceptors (Lipinski definition) is 6. The van der Waals surface area contributed by atoms with Crippen LogP contribution in [0.1, 0.15) is 11.1 Å². The van der Waals surface area contributed by atoms with Crippen molar-refractivity contribution in [2.75, 3.05) is 0 Å². The summed E-state index contributed by atoms with van der Waals surface area (Å²) in [5, 5.41) is 27.7. The molecule has 0 amide bonds. The van der Waals surface area contributed by atoms with E-state index in [1.807, 2.05) is 6.92 Å². The molecule has 0 aromatic heterocycles. The molecule has 2 aromatic carbocycles. The van der Waals surface area contributed by atoms with Gasteiger partial charge in [-0.1, -0.05) is 17.7 Å². The van der Waals surface area contributed by atoms with Gasteiger partial charge in [0.15, 0.2) is 0 Å². The fraction of sp³-hybridized carbons (Fsp3) is 0.0667. The molecular formula is C15H18N4O5S. The number of aryl methyl sites for hydroxylation is 1. The highest BCUT2D eigenvalue weighted by atomic mass is 32.2. The second kappa shape index (κ2) is 9.37. The number of nitrogens with one attached hydrogen (secondary N) is 3. The van der Waals surface area contributed by atoms with Crippen LogP contribution in [0, 0.1) is 12.3 Å². The molecule has 2 aromatic rings. The highest BCUT2D eigenvalue weighted by molar-refractivity contribution is 7.85. The van der Waals surface area contributed by atoms with Crippen LogP contribution in [0.4, 0.5) is 0 Å². The number of nitrogens with zero attached hydrogens (tertiary/aromatic N) is 1. The minimum atomic E-state index is -4.02. The van der Waals surface area contributed by atoms with Crippen molar-refractivity contribution in [3.63, 3.8) is 0 Å². The van der Waals surface area contributed by atoms with Gasteiger partial charge in [0.05, 0.1) is 11.1 Å². The van der Waals surface area contributed by atoms with Gasteiger partial charge in [-0.2, -0.15) is 13.5 Å². The average molecular weight is 366 g/mol. The molecule has 0 fully saturated rings. The quantitative estimate of drug-likeness (QED) is 0.208. The monoisotopic (exact) mass is 366 g/mol. The second-order valence-corrected chi connectivity index (χ2v) is 6.16. The van der Waals surface area contributed by atoms with Gasteiger partial charge in [-0.15, -0.1) is 0 Å². The summed E-state index contributed by atoms with van der Waals surface area (Å²) in [5.41, 5.74) is 5.52. The van der Waals surface area contributed by atoms with E-state index in [2.05, 4.69) is 10.5 Å². The Morgan fingerprint density at radius 3 is 2.16 bits per heavy atom. The third-order valence-corrected chi connectivity index (χ3v) is 3.58. The van der Waals surface area contributed by atoms with Gasteiger partial charge in [-0.05, 0) is 48.9 Å². The molecular weight excluding hydrogens is 348 g/mol. The Bertz CT molecular complexity index is 818. The van der Waals surface area contributed by atoms with Crippen molar-refractivity contribution in [2.45, 2.75) is 11.8 Å². The molecule has 0 aliphatic carbocycles. The Morgan fingerprint density at radius 1 is 1.12 bits per heavy atom. The molecule has 0 heterocycles. The molecule has 10 heteroatoms. The highest BCUT2D eigenvalue weighted by Crippen LogP contribution is 2.08. The van der Waals surface area contributed by atoms with E-state index >= 15 is 0 Å². The van der Waals surface area contributed by atoms with Crippen LogP contribution in [-0.4, -0.2) is 35.5 Å². The Hall–Kier alpha value is -2.95. The number of rotatable bonds is 3. The van der Waals surface area contributed by atoms with E-state index in [9.17, 15) is 8.42 Å². The fourth-order valence-corrected chi connectivity index (χ4v) is 1.95. The molecule has 0 saturated carbocycles. The van der Waals surface area contributed by atoms with E-state index in [-0.39, 0.29) is 16.6 Å². The number of hydroxylamine groups is 1. The number of hydrazone groups is 1. The first-order chi connectivity index (χ1) is 11.7. The van der Waals surface area contributed by atoms with Gasteiger partial charge in [0.2, 0.25) is 5.96 Å². The van der Waals surface area contributed by atoms with Crippen LogP contribution >= 0.6 is 0 Å². The summed E-state index contributed by atoms with van der Waals surface area (Å²) in [5.74, 6) is -0.139. The molecule has 0 saturated heterocycles. The van der Waals surface area contributed by atoms with Crippen LogP contribution < -0.4 is 10.9 Å². The van der Waals surface area contributed by atoms with Crippen molar-refractivity contribution in [3.05, 3.63) is 59.7 Å². The zero-order chi connectivity index (χ0) is 18.9. The minimum Gasteiger partial charge on any atom is -0.508 e. The lowest BCUT2D eigenvalue weighted by Gasteiger charge is -1.98. The van der Waals surface area contributed by atoms with Gasteiger partial charge < -0.3 is 5.11 Å². The van der Waals surface area contributed by atoms with Crippen LogP contribution in [0.15, 0.2) is 58.5 Å². The molecule has 134 valence electrons. The second-order valence-electron chi connectivity index (χ2n) is 4.74. The number of hydrogen-bond donors (Lipinski definition) is 6. The lowest BCUT2D eigenvalue weighted by Crippen LogP contribution is -2.30. The largest absolute Gasteiger partial charge is 0.508 e. The Balaban J connectivity index is 0.000000257. The van der Waals surface area contributed by atoms with Crippen molar-refractivity contribution >= 4 is 22.3 Å². The van der Waals surface area contributed by atoms with E-state index in [4.69, 9.17) is 20.3 Å². The number of benzene rings is 2. The van der Waals surface area contributed by atoms with Gasteiger partial charge in [0.1, 0.15) is 5.75 Å². The molecule has 0 spiro atoms. The van der Waals surface area contributed by atoms with Crippen molar-refractivity contribution in [3.8, 4) is 5.75 Å². The summed E-state index contributed by atoms with van der Waals surface area (Å²) in [6.45, 7) is 1.84. The van der Waals surface area contributed by atoms with E-state index in [1.165, 1.54) is 30.5 Å². The third kappa shape index (κ3) is 7.92. The van der Waals surface area contributed by atoms with E-state index in [0.717, 1.165) is 11.1 Å². The maximum Gasteiger partial charge on any atom is 0.294 e. The van der Waals surface area contributed by atoms with Crippen LogP contribution in [0.2, 0.25) is 0 Å². The van der Waals surface area contributed by atoms with Crippen LogP contribution in [0.3, 0.4) is 0 Å². The molecule has 9 nitrogen and oxygen atoms in total. The van der Waals surface area contributed by atoms with E-state index in [0.29, 0.717) is 0 Å². The maximum absolute atomic E-state index is 10.5. The summed E-state index contributed by atoms with van der Waals surface area (Å²) < 4.78 is 29.6. The number of phenolic OH excluding ortho intramolecular Hbond substituents is 1. The first-order valence-corrected chi connectivity index (χ1v) is 8.27. The van der Waals surface area contributed by atoms with Gasteiger partial charge in [-0.25, -0.2) is 10.9 Å². The first kappa shape index (κ1) is 20.1. The topological polar surface area (TPSA) is 155 Å². The summed E-state index contributed by atoms with van der Waals surface area (Å²) >= 11 is 0. The number of aromatic hydroxyl groups is 1. The Labute approximate surface area is 144 Å². The van der Waals surface area contributed by atoms with Crippen LogP contribution in [0.5, 0.6) is 5.75 Å². The van der Waals surface area contributed by atoms with Crippen LogP contribution in [0.25, 0.3) is 0 Å². The zero-order valence-corrected chi connectivity index (χ0v) is 14.0. The zero-order valence-electron chi connectivity index (χ0n) is 13.2. The molecule has 0 aliphatic heterocycles. The fourth-order valence-electron chi connectivity index (χ4n) is 1.47. The predicted octanol–water partition coefficient (Wildman–Crippen LogP) is 1.47. The summed E-state index contributed by atoms with van der Waals surface area (Å²) in [6.07, 6.45) is 1.45. The summed E-state index contributed by atoms with van der Waals surface area (Å²) in [4.78, 5) is -0.0666. The van der Waals surface area contributed by atoms with E-state index in [1.54, 1.807) is 29.7 Å². The molecule has 0 unspecified atom stereocenters. The molecule has 0 aliphatic rings. The lowest BCUT2D eigenvalue weighted by molar-refractivity contribution is 0.228. The van der Waals surface area contributed by atoms with Crippen LogP contribution in [-0.2, 0) is 10.1 Å². The van der Waals surface area contributed by atoms with Crippen molar-refractivity contribution < 1.29 is 23.3 Å². The number of phenols is 1. The summed E-state index contributed by atoms with van der Waals surface area (Å²) in [6, 6.07) is 12.4. The molecule has 2 rings (SSSR count). The summed E-state index contributed by atoms with van der Waals surface area (Å²) in [7, 11) is -4.02. The molecule has 0 atom stereocenters. The normalized spacial score (nSPS) is 10.7. The molecule has 6 N–H and O–H groups in total. The lowest BCUT2D eigenvalue weighted by atomic mass is 10.2. The van der Waals surface area contributed by atoms with Crippen molar-refractivity contribution in [2.24, 2.45) is 5.10 Å². The van der Waals surface area contributed by atoms with Crippen molar-refractivity contribution in [1.82, 2.24) is 10.9 Å². The standard InChI is InChI=1S/C8H10N4O2.C7H8O3S/c9-8(12-14)11-10-5-6-1-3-7(13)4-2-6;1-6-2-4-7(5-3-6)11(8,9)10/h1-5,13-14H,(H3,9,11,12);2-5H,1H3,(H,8,9,10). The molecule has 0 radical (unpaired) electrons. The highest BCUT2D eigenvalue weighted by Gasteiger charge is 2.06. The van der Waals surface area contributed by atoms with Crippen molar-refractivity contribution in [1.29, 1.82) is 5.41 Å². The SMILES string of the molecule is Cc1ccc(S(=O)(=O)O)cc1.N=C(NO)NN=Cc1ccc(O)cc1. The van der Waals surface area contributed by atoms with Gasteiger partial charge in [-0.3, -0.25) is 15.2 Å². The minimum absolute atomic E-state index is 0.0666. The Morgan fingerprint density at radius 2 is 1.68 bits per heavy atom. The van der Waals surface area contributed by atoms with Gasteiger partial charge in [0, 0.05) is 0 Å². The molecule has 0 bridgehead atoms. The predicted molar refractivity (Wildman–Crippen MR) is 92.5 cm³/mol. The molecule has 25 heavy (non-hydrogen) atoms. The number of guanidine groups is 1. The third-order valence-electron chi connectivity index (χ3n) is 2.71. The van der Waals surface area contributed by atoms with Gasteiger partial charge >= 0.3 is 0 Å². The van der Waals surface area contributed by atoms with E-state index < -0.39 is 10.1 Å². The maximum atomic E-state index is 10.5. The smallest absolute Gasteiger partial charge is 0.294 e.